The Morgan fingerprint density at radius 1 is 1.11 bits per heavy atom. The van der Waals surface area contributed by atoms with E-state index in [4.69, 9.17) is 5.73 Å². The van der Waals surface area contributed by atoms with Gasteiger partial charge in [-0.15, -0.1) is 0 Å². The molecule has 0 aliphatic rings. The van der Waals surface area contributed by atoms with Crippen LogP contribution in [0.15, 0.2) is 54.7 Å². The van der Waals surface area contributed by atoms with Crippen molar-refractivity contribution in [1.29, 1.82) is 0 Å². The molecule has 0 fully saturated rings. The summed E-state index contributed by atoms with van der Waals surface area (Å²) < 4.78 is 37.6. The predicted octanol–water partition coefficient (Wildman–Crippen LogP) is 4.20. The van der Waals surface area contributed by atoms with Crippen molar-refractivity contribution in [1.82, 2.24) is 10.3 Å². The van der Waals surface area contributed by atoms with E-state index in [0.29, 0.717) is 23.5 Å². The average molecular weight is 374 g/mol. The number of nitrogens with one attached hydrogen (secondary N) is 2. The van der Waals surface area contributed by atoms with Gasteiger partial charge in [0.15, 0.2) is 0 Å². The van der Waals surface area contributed by atoms with E-state index in [1.165, 1.54) is 12.1 Å². The summed E-state index contributed by atoms with van der Waals surface area (Å²) in [6, 6.07) is 11.5. The molecule has 2 amide bonds. The molecule has 0 radical (unpaired) electrons. The van der Waals surface area contributed by atoms with Crippen LogP contribution in [-0.2, 0) is 12.6 Å². The normalized spacial score (nSPS) is 11.4. The maximum absolute atomic E-state index is 12.5. The Labute approximate surface area is 153 Å². The third-order valence-electron chi connectivity index (χ3n) is 4.01. The topological polar surface area (TPSA) is 80.0 Å². The number of anilines is 2. The molecule has 1 aromatic heterocycles. The molecule has 0 aliphatic heterocycles. The van der Waals surface area contributed by atoms with Crippen LogP contribution in [0.25, 0.3) is 10.8 Å². The maximum atomic E-state index is 12.5. The van der Waals surface area contributed by atoms with Gasteiger partial charge in [0.05, 0.1) is 11.3 Å². The van der Waals surface area contributed by atoms with Crippen LogP contribution in [0, 0.1) is 0 Å². The molecular weight excluding hydrogens is 357 g/mol. The number of nitrogens with two attached hydrogens (primary N) is 1. The third kappa shape index (κ3) is 4.66. The molecule has 0 saturated carbocycles. The van der Waals surface area contributed by atoms with Crippen molar-refractivity contribution in [3.8, 4) is 0 Å². The number of pyridine rings is 1. The fourth-order valence-electron chi connectivity index (χ4n) is 2.64. The predicted molar refractivity (Wildman–Crippen MR) is 98.3 cm³/mol. The number of halogens is 3. The molecule has 8 heteroatoms. The molecule has 5 nitrogen and oxygen atoms in total. The lowest BCUT2D eigenvalue weighted by Crippen LogP contribution is -2.30. The summed E-state index contributed by atoms with van der Waals surface area (Å²) in [5.41, 5.74) is 6.30. The van der Waals surface area contributed by atoms with Crippen LogP contribution in [0.3, 0.4) is 0 Å². The van der Waals surface area contributed by atoms with E-state index < -0.39 is 17.8 Å². The number of amides is 2. The monoisotopic (exact) mass is 374 g/mol. The number of carbonyl (C=O) groups excluding carboxylic acids is 1. The van der Waals surface area contributed by atoms with E-state index in [-0.39, 0.29) is 6.54 Å². The summed E-state index contributed by atoms with van der Waals surface area (Å²) in [6.07, 6.45) is -2.32. The Bertz CT molecular complexity index is 955. The number of nitrogens with zero attached hydrogens (tertiary/aromatic N) is 1. The molecule has 0 bridgehead atoms. The number of rotatable bonds is 4. The lowest BCUT2D eigenvalue weighted by Gasteiger charge is -2.11. The molecule has 140 valence electrons. The summed E-state index contributed by atoms with van der Waals surface area (Å²) >= 11 is 0. The van der Waals surface area contributed by atoms with Gasteiger partial charge >= 0.3 is 12.2 Å². The van der Waals surface area contributed by atoms with Crippen LogP contribution in [0.1, 0.15) is 11.1 Å². The van der Waals surface area contributed by atoms with E-state index in [1.54, 1.807) is 24.4 Å². The standard InChI is InChI=1S/C19H17F3N4O/c20-19(21,22)14-6-4-12(5-7-14)8-9-24-18(27)26-16-3-1-2-13-11-25-17(23)10-15(13)16/h1-7,10-11H,8-9H2,(H2,23,25)(H2,24,26,27). The molecule has 0 unspecified atom stereocenters. The van der Waals surface area contributed by atoms with Crippen molar-refractivity contribution < 1.29 is 18.0 Å². The van der Waals surface area contributed by atoms with Crippen molar-refractivity contribution in [2.75, 3.05) is 17.6 Å². The van der Waals surface area contributed by atoms with Gasteiger partial charge in [-0.2, -0.15) is 13.2 Å². The van der Waals surface area contributed by atoms with Crippen LogP contribution in [0.2, 0.25) is 0 Å². The smallest absolute Gasteiger partial charge is 0.384 e. The molecule has 3 aromatic rings. The van der Waals surface area contributed by atoms with E-state index >= 15 is 0 Å². The van der Waals surface area contributed by atoms with E-state index in [2.05, 4.69) is 15.6 Å². The second-order valence-corrected chi connectivity index (χ2v) is 5.96. The highest BCUT2D eigenvalue weighted by atomic mass is 19.4. The molecule has 1 heterocycles. The van der Waals surface area contributed by atoms with Crippen molar-refractivity contribution >= 4 is 28.3 Å². The minimum Gasteiger partial charge on any atom is -0.384 e. The first-order valence-electron chi connectivity index (χ1n) is 8.18. The Morgan fingerprint density at radius 2 is 1.85 bits per heavy atom. The molecule has 27 heavy (non-hydrogen) atoms. The minimum absolute atomic E-state index is 0.283. The molecule has 0 spiro atoms. The number of hydrogen-bond donors (Lipinski definition) is 3. The Hall–Kier alpha value is -3.29. The highest BCUT2D eigenvalue weighted by molar-refractivity contribution is 6.02. The number of aromatic nitrogens is 1. The Balaban J connectivity index is 1.57. The second kappa shape index (κ2) is 7.53. The first-order valence-corrected chi connectivity index (χ1v) is 8.18. The van der Waals surface area contributed by atoms with Gasteiger partial charge in [-0.1, -0.05) is 24.3 Å². The third-order valence-corrected chi connectivity index (χ3v) is 4.01. The lowest BCUT2D eigenvalue weighted by molar-refractivity contribution is -0.137. The summed E-state index contributed by atoms with van der Waals surface area (Å²) in [6.45, 7) is 0.283. The van der Waals surface area contributed by atoms with E-state index in [9.17, 15) is 18.0 Å². The van der Waals surface area contributed by atoms with Gasteiger partial charge in [0.2, 0.25) is 0 Å². The Morgan fingerprint density at radius 3 is 2.56 bits per heavy atom. The molecular formula is C19H17F3N4O. The van der Waals surface area contributed by atoms with Crippen molar-refractivity contribution in [3.63, 3.8) is 0 Å². The highest BCUT2D eigenvalue weighted by Crippen LogP contribution is 2.29. The minimum atomic E-state index is -4.35. The zero-order chi connectivity index (χ0) is 19.4. The van der Waals surface area contributed by atoms with Gasteiger partial charge in [0, 0.05) is 23.5 Å². The second-order valence-electron chi connectivity index (χ2n) is 5.96. The largest absolute Gasteiger partial charge is 0.416 e. The SMILES string of the molecule is Nc1cc2c(NC(=O)NCCc3ccc(C(F)(F)F)cc3)cccc2cn1. The number of benzene rings is 2. The van der Waals surface area contributed by atoms with E-state index in [0.717, 1.165) is 22.9 Å². The molecule has 2 aromatic carbocycles. The first-order chi connectivity index (χ1) is 12.8. The molecule has 4 N–H and O–H groups in total. The Kier molecular flexibility index (Phi) is 5.16. The lowest BCUT2D eigenvalue weighted by atomic mass is 10.1. The van der Waals surface area contributed by atoms with Crippen molar-refractivity contribution in [3.05, 3.63) is 65.9 Å². The zero-order valence-corrected chi connectivity index (χ0v) is 14.2. The molecule has 3 rings (SSSR count). The van der Waals surface area contributed by atoms with Gasteiger partial charge in [0.25, 0.3) is 0 Å². The van der Waals surface area contributed by atoms with Crippen LogP contribution >= 0.6 is 0 Å². The van der Waals surface area contributed by atoms with Crippen LogP contribution in [0.5, 0.6) is 0 Å². The first kappa shape index (κ1) is 18.5. The van der Waals surface area contributed by atoms with Crippen molar-refractivity contribution in [2.45, 2.75) is 12.6 Å². The van der Waals surface area contributed by atoms with Gasteiger partial charge in [-0.3, -0.25) is 0 Å². The molecule has 0 saturated heterocycles. The summed E-state index contributed by atoms with van der Waals surface area (Å²) in [5.74, 6) is 0.347. The van der Waals surface area contributed by atoms with E-state index in [1.807, 2.05) is 6.07 Å². The number of carbonyl (C=O) groups is 1. The van der Waals surface area contributed by atoms with Gasteiger partial charge in [-0.05, 0) is 36.2 Å². The number of nitrogen functional groups attached to an aromatic ring is 1. The number of fused-ring (bicyclic) bond motifs is 1. The summed E-state index contributed by atoms with van der Waals surface area (Å²) in [4.78, 5) is 16.1. The molecule has 0 atom stereocenters. The summed E-state index contributed by atoms with van der Waals surface area (Å²) in [5, 5.41) is 7.04. The number of hydrogen-bond acceptors (Lipinski definition) is 3. The van der Waals surface area contributed by atoms with Gasteiger partial charge < -0.3 is 16.4 Å². The maximum Gasteiger partial charge on any atom is 0.416 e. The zero-order valence-electron chi connectivity index (χ0n) is 14.2. The van der Waals surface area contributed by atoms with Crippen molar-refractivity contribution in [2.24, 2.45) is 0 Å². The fourth-order valence-corrected chi connectivity index (χ4v) is 2.64. The van der Waals surface area contributed by atoms with Crippen LogP contribution in [0.4, 0.5) is 29.5 Å². The fraction of sp³-hybridized carbons (Fsp3) is 0.158. The average Bonchev–Trinajstić information content (AvgIpc) is 2.62. The van der Waals surface area contributed by atoms with Gasteiger partial charge in [-0.25, -0.2) is 9.78 Å². The quantitative estimate of drug-likeness (QED) is 0.640. The number of urea groups is 1. The van der Waals surface area contributed by atoms with Gasteiger partial charge in [0.1, 0.15) is 5.82 Å². The van der Waals surface area contributed by atoms with Crippen LogP contribution in [-0.4, -0.2) is 17.6 Å². The number of alkyl halides is 3. The highest BCUT2D eigenvalue weighted by Gasteiger charge is 2.29. The van der Waals surface area contributed by atoms with Crippen LogP contribution < -0.4 is 16.4 Å². The molecule has 0 aliphatic carbocycles. The summed E-state index contributed by atoms with van der Waals surface area (Å²) in [7, 11) is 0.